The van der Waals surface area contributed by atoms with Crippen LogP contribution in [0.2, 0.25) is 0 Å². The molecule has 0 aliphatic carbocycles. The van der Waals surface area contributed by atoms with Gasteiger partial charge in [-0.3, -0.25) is 4.79 Å². The molecule has 0 saturated carbocycles. The zero-order valence-corrected chi connectivity index (χ0v) is 16.0. The minimum absolute atomic E-state index is 0.0413. The van der Waals surface area contributed by atoms with Crippen LogP contribution in [0, 0.1) is 0 Å². The molecular formula is C18H22N2O6S. The van der Waals surface area contributed by atoms with Gasteiger partial charge >= 0.3 is 5.97 Å². The molecule has 0 unspecified atom stereocenters. The lowest BCUT2D eigenvalue weighted by Gasteiger charge is -2.05. The lowest BCUT2D eigenvalue weighted by molar-refractivity contribution is 0.0693. The van der Waals surface area contributed by atoms with E-state index in [0.29, 0.717) is 17.7 Å². The predicted octanol–water partition coefficient (Wildman–Crippen LogP) is 1.69. The molecule has 8 nitrogen and oxygen atoms in total. The Labute approximate surface area is 157 Å². The molecule has 1 aromatic carbocycles. The number of nitrogens with one attached hydrogen (secondary N) is 1. The van der Waals surface area contributed by atoms with Crippen molar-refractivity contribution < 1.29 is 27.6 Å². The van der Waals surface area contributed by atoms with Crippen LogP contribution in [-0.2, 0) is 22.7 Å². The molecule has 2 rings (SSSR count). The zero-order chi connectivity index (χ0) is 20.0. The third-order valence-electron chi connectivity index (χ3n) is 3.87. The summed E-state index contributed by atoms with van der Waals surface area (Å²) in [6, 6.07) is 6.57. The molecule has 27 heavy (non-hydrogen) atoms. The van der Waals surface area contributed by atoms with Gasteiger partial charge in [0.1, 0.15) is 15.4 Å². The normalized spacial score (nSPS) is 11.3. The molecule has 1 aromatic heterocycles. The van der Waals surface area contributed by atoms with Gasteiger partial charge in [0.25, 0.3) is 5.91 Å². The van der Waals surface area contributed by atoms with Crippen molar-refractivity contribution in [2.24, 2.45) is 0 Å². The average Bonchev–Trinajstić information content (AvgIpc) is 2.97. The van der Waals surface area contributed by atoms with Crippen molar-refractivity contribution in [2.45, 2.75) is 26.2 Å². The first-order chi connectivity index (χ1) is 12.7. The Hall–Kier alpha value is -2.68. The highest BCUT2D eigenvalue weighted by molar-refractivity contribution is 7.90. The van der Waals surface area contributed by atoms with Gasteiger partial charge in [0.2, 0.25) is 0 Å². The minimum Gasteiger partial charge on any atom is -0.477 e. The van der Waals surface area contributed by atoms with Crippen LogP contribution in [0.3, 0.4) is 0 Å². The molecule has 1 heterocycles. The number of rotatable bonds is 9. The van der Waals surface area contributed by atoms with E-state index in [4.69, 9.17) is 4.52 Å². The van der Waals surface area contributed by atoms with Crippen LogP contribution in [0.4, 0.5) is 0 Å². The van der Waals surface area contributed by atoms with E-state index in [1.165, 1.54) is 0 Å². The first kappa shape index (κ1) is 20.6. The summed E-state index contributed by atoms with van der Waals surface area (Å²) in [7, 11) is -3.14. The zero-order valence-electron chi connectivity index (χ0n) is 15.2. The number of benzene rings is 1. The van der Waals surface area contributed by atoms with E-state index in [-0.39, 0.29) is 35.9 Å². The number of hydrogen-bond acceptors (Lipinski definition) is 6. The SMILES string of the molecule is CCCc1noc(Cc2ccc(C(=O)NCCS(C)(=O)=O)cc2)c1C(=O)O. The van der Waals surface area contributed by atoms with Crippen molar-refractivity contribution in [2.75, 3.05) is 18.6 Å². The van der Waals surface area contributed by atoms with Gasteiger partial charge in [-0.1, -0.05) is 30.6 Å². The smallest absolute Gasteiger partial charge is 0.341 e. The van der Waals surface area contributed by atoms with Gasteiger partial charge in [0, 0.05) is 24.8 Å². The van der Waals surface area contributed by atoms with E-state index >= 15 is 0 Å². The van der Waals surface area contributed by atoms with Crippen molar-refractivity contribution in [3.63, 3.8) is 0 Å². The van der Waals surface area contributed by atoms with Gasteiger partial charge < -0.3 is 14.9 Å². The molecule has 0 bridgehead atoms. The Morgan fingerprint density at radius 1 is 1.22 bits per heavy atom. The van der Waals surface area contributed by atoms with E-state index in [9.17, 15) is 23.1 Å². The summed E-state index contributed by atoms with van der Waals surface area (Å²) in [4.78, 5) is 23.5. The van der Waals surface area contributed by atoms with Gasteiger partial charge in [-0.25, -0.2) is 13.2 Å². The van der Waals surface area contributed by atoms with Gasteiger partial charge in [-0.15, -0.1) is 0 Å². The van der Waals surface area contributed by atoms with E-state index < -0.39 is 15.8 Å². The van der Waals surface area contributed by atoms with Crippen LogP contribution in [0.15, 0.2) is 28.8 Å². The topological polar surface area (TPSA) is 127 Å². The van der Waals surface area contributed by atoms with E-state index in [2.05, 4.69) is 10.5 Å². The molecule has 2 N–H and O–H groups in total. The molecule has 9 heteroatoms. The first-order valence-electron chi connectivity index (χ1n) is 8.47. The maximum Gasteiger partial charge on any atom is 0.341 e. The van der Waals surface area contributed by atoms with Crippen molar-refractivity contribution in [3.8, 4) is 0 Å². The predicted molar refractivity (Wildman–Crippen MR) is 98.7 cm³/mol. The number of nitrogens with zero attached hydrogens (tertiary/aromatic N) is 1. The van der Waals surface area contributed by atoms with Crippen molar-refractivity contribution in [3.05, 3.63) is 52.4 Å². The number of amides is 1. The summed E-state index contributed by atoms with van der Waals surface area (Å²) in [5.74, 6) is -1.30. The van der Waals surface area contributed by atoms with E-state index in [0.717, 1.165) is 18.2 Å². The monoisotopic (exact) mass is 394 g/mol. The number of sulfone groups is 1. The summed E-state index contributed by atoms with van der Waals surface area (Å²) >= 11 is 0. The molecule has 146 valence electrons. The van der Waals surface area contributed by atoms with Crippen LogP contribution in [0.25, 0.3) is 0 Å². The molecule has 2 aromatic rings. The van der Waals surface area contributed by atoms with Crippen molar-refractivity contribution in [1.82, 2.24) is 10.5 Å². The Kier molecular flexibility index (Phi) is 6.73. The van der Waals surface area contributed by atoms with Gasteiger partial charge in [-0.05, 0) is 24.1 Å². The molecule has 1 amide bonds. The Balaban J connectivity index is 2.06. The highest BCUT2D eigenvalue weighted by Crippen LogP contribution is 2.20. The number of aromatic nitrogens is 1. The molecule has 0 fully saturated rings. The summed E-state index contributed by atoms with van der Waals surface area (Å²) in [5.41, 5.74) is 1.68. The first-order valence-corrected chi connectivity index (χ1v) is 10.5. The summed E-state index contributed by atoms with van der Waals surface area (Å²) in [6.07, 6.45) is 2.64. The highest BCUT2D eigenvalue weighted by atomic mass is 32.2. The molecule has 0 aliphatic heterocycles. The van der Waals surface area contributed by atoms with E-state index in [1.54, 1.807) is 24.3 Å². The second-order valence-electron chi connectivity index (χ2n) is 6.24. The van der Waals surface area contributed by atoms with Gasteiger partial charge in [0.05, 0.1) is 11.4 Å². The highest BCUT2D eigenvalue weighted by Gasteiger charge is 2.22. The Morgan fingerprint density at radius 3 is 2.44 bits per heavy atom. The second-order valence-corrected chi connectivity index (χ2v) is 8.50. The summed E-state index contributed by atoms with van der Waals surface area (Å²) in [6.45, 7) is 1.97. The van der Waals surface area contributed by atoms with Crippen LogP contribution < -0.4 is 5.32 Å². The fraction of sp³-hybridized carbons (Fsp3) is 0.389. The molecule has 0 saturated heterocycles. The van der Waals surface area contributed by atoms with Crippen LogP contribution in [-0.4, -0.2) is 49.1 Å². The summed E-state index contributed by atoms with van der Waals surface area (Å²) in [5, 5.41) is 15.8. The van der Waals surface area contributed by atoms with Crippen molar-refractivity contribution >= 4 is 21.7 Å². The summed E-state index contributed by atoms with van der Waals surface area (Å²) < 4.78 is 27.4. The number of carbonyl (C=O) groups excluding carboxylic acids is 1. The lowest BCUT2D eigenvalue weighted by Crippen LogP contribution is -2.28. The number of carboxylic acids is 1. The van der Waals surface area contributed by atoms with E-state index in [1.807, 2.05) is 6.92 Å². The van der Waals surface area contributed by atoms with Gasteiger partial charge in [-0.2, -0.15) is 0 Å². The molecule has 0 atom stereocenters. The standard InChI is InChI=1S/C18H22N2O6S/c1-3-4-14-16(18(22)23)15(26-20-14)11-12-5-7-13(8-6-12)17(21)19-9-10-27(2,24)25/h5-8H,3-4,9-11H2,1-2H3,(H,19,21)(H,22,23). The number of aromatic carboxylic acids is 1. The number of hydrogen-bond donors (Lipinski definition) is 2. The van der Waals surface area contributed by atoms with Crippen LogP contribution >= 0.6 is 0 Å². The molecule has 0 radical (unpaired) electrons. The Bertz CT molecular complexity index is 916. The average molecular weight is 394 g/mol. The fourth-order valence-corrected chi connectivity index (χ4v) is 3.02. The molecule has 0 aliphatic rings. The second kappa shape index (κ2) is 8.81. The third kappa shape index (κ3) is 5.92. The largest absolute Gasteiger partial charge is 0.477 e. The number of carbonyl (C=O) groups is 2. The van der Waals surface area contributed by atoms with Crippen LogP contribution in [0.1, 0.15) is 51.1 Å². The maximum absolute atomic E-state index is 12.0. The van der Waals surface area contributed by atoms with Crippen LogP contribution in [0.5, 0.6) is 0 Å². The quantitative estimate of drug-likeness (QED) is 0.662. The van der Waals surface area contributed by atoms with Gasteiger partial charge in [0.15, 0.2) is 5.76 Å². The number of carboxylic acid groups (broad SMARTS) is 1. The fourth-order valence-electron chi connectivity index (χ4n) is 2.54. The lowest BCUT2D eigenvalue weighted by atomic mass is 10.0. The number of aryl methyl sites for hydroxylation is 1. The third-order valence-corrected chi connectivity index (χ3v) is 4.82. The Morgan fingerprint density at radius 2 is 1.89 bits per heavy atom. The molecular weight excluding hydrogens is 372 g/mol. The molecule has 0 spiro atoms. The maximum atomic E-state index is 12.0. The minimum atomic E-state index is -3.14. The van der Waals surface area contributed by atoms with Crippen molar-refractivity contribution in [1.29, 1.82) is 0 Å².